The molecule has 7 heteroatoms. The van der Waals surface area contributed by atoms with Crippen molar-refractivity contribution in [3.63, 3.8) is 0 Å². The van der Waals surface area contributed by atoms with Crippen molar-refractivity contribution in [3.05, 3.63) is 69.6 Å². The van der Waals surface area contributed by atoms with E-state index in [0.717, 1.165) is 30.6 Å². The number of ether oxygens (including phenoxy) is 1. The zero-order valence-corrected chi connectivity index (χ0v) is 25.2. The number of nitrogens with one attached hydrogen (secondary N) is 2. The zero-order chi connectivity index (χ0) is 27.7. The van der Waals surface area contributed by atoms with Crippen molar-refractivity contribution in [3.8, 4) is 5.75 Å². The van der Waals surface area contributed by atoms with E-state index in [0.29, 0.717) is 23.1 Å². The molecule has 0 saturated heterocycles. The summed E-state index contributed by atoms with van der Waals surface area (Å²) in [5.74, 6) is 0.600. The third-order valence-corrected chi connectivity index (χ3v) is 8.03. The molecule has 0 radical (unpaired) electrons. The lowest BCUT2D eigenvalue weighted by Gasteiger charge is -2.12. The topological polar surface area (TPSA) is 54.2 Å². The van der Waals surface area contributed by atoms with Gasteiger partial charge in [0.2, 0.25) is 5.51 Å². The number of halogens is 1. The summed E-state index contributed by atoms with van der Waals surface area (Å²) < 4.78 is 8.13. The number of aryl methyl sites for hydroxylation is 1. The molecule has 0 bridgehead atoms. The Balaban J connectivity index is 1.33. The summed E-state index contributed by atoms with van der Waals surface area (Å²) in [4.78, 5) is 12.6. The van der Waals surface area contributed by atoms with Crippen molar-refractivity contribution >= 4 is 40.3 Å². The molecule has 2 aromatic carbocycles. The molecule has 0 spiro atoms. The van der Waals surface area contributed by atoms with Crippen molar-refractivity contribution in [2.75, 3.05) is 17.2 Å². The third-order valence-electron chi connectivity index (χ3n) is 6.86. The van der Waals surface area contributed by atoms with Gasteiger partial charge in [-0.25, -0.2) is 4.79 Å². The lowest BCUT2D eigenvalue weighted by molar-refractivity contribution is -0.689. The number of anilines is 2. The van der Waals surface area contributed by atoms with E-state index < -0.39 is 0 Å². The predicted molar refractivity (Wildman–Crippen MR) is 165 cm³/mol. The van der Waals surface area contributed by atoms with Crippen LogP contribution in [0.4, 0.5) is 16.2 Å². The first-order chi connectivity index (χ1) is 19.0. The average Bonchev–Trinajstić information content (AvgIpc) is 3.32. The van der Waals surface area contributed by atoms with Crippen LogP contribution in [0.15, 0.2) is 53.4 Å². The van der Waals surface area contributed by atoms with Gasteiger partial charge in [-0.05, 0) is 30.7 Å². The molecule has 0 aliphatic heterocycles. The minimum atomic E-state index is -0.305. The molecule has 2 amide bonds. The first-order valence-corrected chi connectivity index (χ1v) is 15.9. The maximum absolute atomic E-state index is 12.6. The Kier molecular flexibility index (Phi) is 14.2. The van der Waals surface area contributed by atoms with Crippen molar-refractivity contribution in [2.45, 2.75) is 97.4 Å². The molecule has 0 aliphatic carbocycles. The predicted octanol–water partition coefficient (Wildman–Crippen LogP) is 9.77. The number of urea groups is 1. The lowest BCUT2D eigenvalue weighted by atomic mass is 10.1. The molecule has 1 heterocycles. The number of rotatable bonds is 18. The van der Waals surface area contributed by atoms with E-state index in [1.165, 1.54) is 69.9 Å². The van der Waals surface area contributed by atoms with Gasteiger partial charge in [-0.1, -0.05) is 113 Å². The van der Waals surface area contributed by atoms with Crippen molar-refractivity contribution in [1.29, 1.82) is 0 Å². The van der Waals surface area contributed by atoms with E-state index in [1.54, 1.807) is 29.5 Å². The molecule has 0 unspecified atom stereocenters. The number of amides is 2. The fraction of sp³-hybridized carbons (Fsp3) is 0.500. The van der Waals surface area contributed by atoms with Crippen LogP contribution < -0.4 is 19.9 Å². The van der Waals surface area contributed by atoms with Crippen LogP contribution in [0.2, 0.25) is 5.02 Å². The highest BCUT2D eigenvalue weighted by molar-refractivity contribution is 7.07. The summed E-state index contributed by atoms with van der Waals surface area (Å²) in [5.41, 5.74) is 5.83. The first-order valence-electron chi connectivity index (χ1n) is 14.6. The van der Waals surface area contributed by atoms with Crippen molar-refractivity contribution < 1.29 is 14.1 Å². The normalized spacial score (nSPS) is 10.9. The molecule has 0 aliphatic rings. The van der Waals surface area contributed by atoms with E-state index in [2.05, 4.69) is 46.0 Å². The highest BCUT2D eigenvalue weighted by Crippen LogP contribution is 2.28. The van der Waals surface area contributed by atoms with Crippen LogP contribution in [0, 0.1) is 6.92 Å². The van der Waals surface area contributed by atoms with Gasteiger partial charge in [0.1, 0.15) is 5.75 Å². The van der Waals surface area contributed by atoms with Gasteiger partial charge in [-0.15, -0.1) is 0 Å². The molecule has 0 atom stereocenters. The summed E-state index contributed by atoms with van der Waals surface area (Å²) in [6, 6.07) is 12.9. The van der Waals surface area contributed by atoms with Crippen LogP contribution in [0.5, 0.6) is 5.75 Å². The molecule has 3 aromatic rings. The average molecular weight is 571 g/mol. The molecule has 39 heavy (non-hydrogen) atoms. The standard InChI is InChI=1S/C32H44ClN3O2S/c1-3-4-5-6-7-8-9-10-11-12-13-14-20-38-31-22-29(18-19-30(31)33)35-32(37)34-28-17-15-16-27(21-28)23-36-25-39-24-26(36)2/h15-19,21-22,24-25H,3-14,20,23H2,1-2H3,(H-,34,35,37)/p+1. The summed E-state index contributed by atoms with van der Waals surface area (Å²) >= 11 is 8.03. The maximum atomic E-state index is 12.6. The minimum absolute atomic E-state index is 0.305. The van der Waals surface area contributed by atoms with Crippen LogP contribution in [0.1, 0.15) is 95.2 Å². The second-order valence-corrected chi connectivity index (χ2v) is 11.4. The largest absolute Gasteiger partial charge is 0.492 e. The number of carbonyl (C=O) groups excluding carboxylic acids is 1. The van der Waals surface area contributed by atoms with Crippen LogP contribution in [0.25, 0.3) is 0 Å². The van der Waals surface area contributed by atoms with Crippen LogP contribution in [-0.2, 0) is 6.54 Å². The van der Waals surface area contributed by atoms with Crippen LogP contribution in [-0.4, -0.2) is 12.6 Å². The highest BCUT2D eigenvalue weighted by atomic mass is 35.5. The van der Waals surface area contributed by atoms with Crippen molar-refractivity contribution in [1.82, 2.24) is 0 Å². The van der Waals surface area contributed by atoms with Gasteiger partial charge in [0.25, 0.3) is 0 Å². The number of benzene rings is 2. The van der Waals surface area contributed by atoms with Gasteiger partial charge in [-0.2, -0.15) is 4.57 Å². The van der Waals surface area contributed by atoms with Gasteiger partial charge in [0.15, 0.2) is 12.2 Å². The maximum Gasteiger partial charge on any atom is 0.323 e. The van der Waals surface area contributed by atoms with E-state index >= 15 is 0 Å². The van der Waals surface area contributed by atoms with Gasteiger partial charge < -0.3 is 15.4 Å². The Labute approximate surface area is 243 Å². The smallest absolute Gasteiger partial charge is 0.323 e. The summed E-state index contributed by atoms with van der Waals surface area (Å²) in [6.07, 6.45) is 15.7. The van der Waals surface area contributed by atoms with Gasteiger partial charge in [0.05, 0.1) is 17.0 Å². The van der Waals surface area contributed by atoms with E-state index in [4.69, 9.17) is 16.3 Å². The Bertz CT molecular complexity index is 1130. The second-order valence-electron chi connectivity index (χ2n) is 10.3. The van der Waals surface area contributed by atoms with E-state index in [-0.39, 0.29) is 6.03 Å². The molecule has 2 N–H and O–H groups in total. The third kappa shape index (κ3) is 12.0. The molecule has 1 aromatic heterocycles. The number of hydrogen-bond donors (Lipinski definition) is 2. The van der Waals surface area contributed by atoms with E-state index in [9.17, 15) is 4.79 Å². The Hall–Kier alpha value is -2.57. The van der Waals surface area contributed by atoms with Crippen LogP contribution in [0.3, 0.4) is 0 Å². The molecule has 0 fully saturated rings. The Morgan fingerprint density at radius 1 is 0.872 bits per heavy atom. The lowest BCUT2D eigenvalue weighted by Crippen LogP contribution is -2.34. The first kappa shape index (κ1) is 31.0. The second kappa shape index (κ2) is 17.9. The monoisotopic (exact) mass is 570 g/mol. The van der Waals surface area contributed by atoms with Gasteiger partial charge >= 0.3 is 6.03 Å². The summed E-state index contributed by atoms with van der Waals surface area (Å²) in [5, 5.41) is 8.49. The van der Waals surface area contributed by atoms with Gasteiger partial charge in [-0.3, -0.25) is 0 Å². The number of nitrogens with zero attached hydrogens (tertiary/aromatic N) is 1. The molecular weight excluding hydrogens is 526 g/mol. The Morgan fingerprint density at radius 2 is 1.51 bits per heavy atom. The summed E-state index contributed by atoms with van der Waals surface area (Å²) in [7, 11) is 0. The summed E-state index contributed by atoms with van der Waals surface area (Å²) in [6.45, 7) is 5.75. The molecule has 212 valence electrons. The Morgan fingerprint density at radius 3 is 2.15 bits per heavy atom. The van der Waals surface area contributed by atoms with E-state index in [1.807, 2.05) is 18.2 Å². The molecule has 3 rings (SSSR count). The highest BCUT2D eigenvalue weighted by Gasteiger charge is 2.11. The molecule has 5 nitrogen and oxygen atoms in total. The number of aromatic nitrogens is 1. The number of carbonyl (C=O) groups is 1. The number of thiazole rings is 1. The fourth-order valence-electron chi connectivity index (χ4n) is 4.57. The fourth-order valence-corrected chi connectivity index (χ4v) is 5.52. The molecule has 0 saturated carbocycles. The number of unbranched alkanes of at least 4 members (excludes halogenated alkanes) is 11. The quantitative estimate of drug-likeness (QED) is 0.118. The van der Waals surface area contributed by atoms with Crippen molar-refractivity contribution in [2.24, 2.45) is 0 Å². The van der Waals surface area contributed by atoms with Crippen LogP contribution >= 0.6 is 22.9 Å². The van der Waals surface area contributed by atoms with Gasteiger partial charge in [0, 0.05) is 29.9 Å². The zero-order valence-electron chi connectivity index (χ0n) is 23.6. The number of hydrogen-bond acceptors (Lipinski definition) is 3. The minimum Gasteiger partial charge on any atom is -0.492 e. The molecular formula is C32H45ClN3O2S+. The SMILES string of the molecule is CCCCCCCCCCCCCCOc1cc(NC(=O)Nc2cccc(C[n+]3cscc3C)c2)ccc1Cl.